The lowest BCUT2D eigenvalue weighted by atomic mass is 10.0. The summed E-state index contributed by atoms with van der Waals surface area (Å²) in [5.74, 6) is 1.08. The molecule has 4 nitrogen and oxygen atoms in total. The van der Waals surface area contributed by atoms with Crippen LogP contribution >= 0.6 is 0 Å². The fourth-order valence-corrected chi connectivity index (χ4v) is 1.88. The summed E-state index contributed by atoms with van der Waals surface area (Å²) in [6, 6.07) is 3.71. The van der Waals surface area contributed by atoms with Crippen molar-refractivity contribution in [2.45, 2.75) is 19.8 Å². The molecular formula is C13H16N2O2. The van der Waals surface area contributed by atoms with E-state index in [1.165, 1.54) is 4.57 Å². The van der Waals surface area contributed by atoms with Crippen molar-refractivity contribution in [2.75, 3.05) is 7.11 Å². The summed E-state index contributed by atoms with van der Waals surface area (Å²) in [6.45, 7) is 4.18. The van der Waals surface area contributed by atoms with Crippen molar-refractivity contribution in [3.05, 3.63) is 34.4 Å². The van der Waals surface area contributed by atoms with Crippen LogP contribution in [0.4, 0.5) is 0 Å². The molecule has 1 aromatic carbocycles. The maximum atomic E-state index is 11.9. The molecule has 0 aliphatic carbocycles. The number of methoxy groups -OCH3 is 1. The van der Waals surface area contributed by atoms with Crippen LogP contribution in [0.15, 0.2) is 23.3 Å². The van der Waals surface area contributed by atoms with E-state index in [1.54, 1.807) is 26.6 Å². The molecule has 0 bridgehead atoms. The van der Waals surface area contributed by atoms with Crippen molar-refractivity contribution >= 4 is 10.9 Å². The van der Waals surface area contributed by atoms with Crippen molar-refractivity contribution in [2.24, 2.45) is 7.05 Å². The molecule has 0 atom stereocenters. The zero-order valence-corrected chi connectivity index (χ0v) is 10.5. The zero-order chi connectivity index (χ0) is 12.6. The predicted molar refractivity (Wildman–Crippen MR) is 67.6 cm³/mol. The molecule has 0 saturated carbocycles. The largest absolute Gasteiger partial charge is 0.496 e. The van der Waals surface area contributed by atoms with E-state index in [1.807, 2.05) is 6.07 Å². The van der Waals surface area contributed by atoms with Gasteiger partial charge >= 0.3 is 0 Å². The molecule has 1 aromatic heterocycles. The molecule has 17 heavy (non-hydrogen) atoms. The van der Waals surface area contributed by atoms with Crippen LogP contribution in [0.1, 0.15) is 25.3 Å². The van der Waals surface area contributed by atoms with Crippen LogP contribution in [0.2, 0.25) is 0 Å². The first-order valence-electron chi connectivity index (χ1n) is 5.58. The van der Waals surface area contributed by atoms with Crippen LogP contribution in [0.3, 0.4) is 0 Å². The maximum absolute atomic E-state index is 11.9. The van der Waals surface area contributed by atoms with E-state index in [0.29, 0.717) is 11.3 Å². The van der Waals surface area contributed by atoms with Crippen LogP contribution in [0, 0.1) is 0 Å². The molecule has 0 fully saturated rings. The highest BCUT2D eigenvalue weighted by molar-refractivity contribution is 5.80. The van der Waals surface area contributed by atoms with Gasteiger partial charge < -0.3 is 9.30 Å². The summed E-state index contributed by atoms with van der Waals surface area (Å²) in [6.07, 6.45) is 1.54. The molecule has 0 radical (unpaired) electrons. The number of aryl methyl sites for hydroxylation is 1. The minimum absolute atomic E-state index is 0.0522. The molecule has 0 unspecified atom stereocenters. The Labute approximate surface area is 99.9 Å². The summed E-state index contributed by atoms with van der Waals surface area (Å²) in [4.78, 5) is 16.2. The molecule has 90 valence electrons. The molecule has 0 spiro atoms. The van der Waals surface area contributed by atoms with Gasteiger partial charge in [0.2, 0.25) is 0 Å². The number of rotatable bonds is 2. The number of fused-ring (bicyclic) bond motifs is 1. The Morgan fingerprint density at radius 1 is 1.35 bits per heavy atom. The first kappa shape index (κ1) is 11.6. The number of hydrogen-bond acceptors (Lipinski definition) is 3. The molecule has 2 rings (SSSR count). The second-order valence-corrected chi connectivity index (χ2v) is 4.43. The number of aromatic nitrogens is 2. The Kier molecular flexibility index (Phi) is 2.88. The Bertz CT molecular complexity index is 615. The molecule has 0 amide bonds. The number of benzene rings is 1. The van der Waals surface area contributed by atoms with Gasteiger partial charge in [-0.25, -0.2) is 4.98 Å². The van der Waals surface area contributed by atoms with Gasteiger partial charge in [-0.2, -0.15) is 0 Å². The molecule has 4 heteroatoms. The lowest BCUT2D eigenvalue weighted by Crippen LogP contribution is -2.17. The Balaban J connectivity index is 2.83. The van der Waals surface area contributed by atoms with Gasteiger partial charge in [-0.05, 0) is 23.6 Å². The van der Waals surface area contributed by atoms with Gasteiger partial charge in [-0.3, -0.25) is 4.79 Å². The van der Waals surface area contributed by atoms with E-state index in [9.17, 15) is 4.79 Å². The standard InChI is InChI=1S/C13H16N2O2/c1-8(2)9-5-11-10(6-12(9)17-4)13(16)15(3)7-14-11/h5-8H,1-4H3. The topological polar surface area (TPSA) is 44.1 Å². The SMILES string of the molecule is COc1cc2c(=O)n(C)cnc2cc1C(C)C. The Morgan fingerprint density at radius 2 is 2.06 bits per heavy atom. The molecule has 0 aliphatic heterocycles. The van der Waals surface area contributed by atoms with Crippen molar-refractivity contribution < 1.29 is 4.74 Å². The average molecular weight is 232 g/mol. The lowest BCUT2D eigenvalue weighted by molar-refractivity contribution is 0.408. The average Bonchev–Trinajstić information content (AvgIpc) is 2.32. The Hall–Kier alpha value is -1.84. The molecule has 0 aliphatic rings. The second-order valence-electron chi connectivity index (χ2n) is 4.43. The summed E-state index contributed by atoms with van der Waals surface area (Å²) in [7, 11) is 3.31. The zero-order valence-electron chi connectivity index (χ0n) is 10.5. The van der Waals surface area contributed by atoms with Gasteiger partial charge in [0.15, 0.2) is 0 Å². The minimum atomic E-state index is -0.0522. The lowest BCUT2D eigenvalue weighted by Gasteiger charge is -2.12. The fraction of sp³-hybridized carbons (Fsp3) is 0.385. The third kappa shape index (κ3) is 1.90. The number of ether oxygens (including phenoxy) is 1. The van der Waals surface area contributed by atoms with E-state index >= 15 is 0 Å². The summed E-state index contributed by atoms with van der Waals surface area (Å²) in [5.41, 5.74) is 1.74. The molecular weight excluding hydrogens is 216 g/mol. The minimum Gasteiger partial charge on any atom is -0.496 e. The van der Waals surface area contributed by atoms with Gasteiger partial charge in [-0.15, -0.1) is 0 Å². The van der Waals surface area contributed by atoms with Gasteiger partial charge in [0.25, 0.3) is 5.56 Å². The number of hydrogen-bond donors (Lipinski definition) is 0. The van der Waals surface area contributed by atoms with E-state index in [-0.39, 0.29) is 5.56 Å². The first-order chi connectivity index (χ1) is 8.04. The van der Waals surface area contributed by atoms with E-state index < -0.39 is 0 Å². The van der Waals surface area contributed by atoms with Crippen molar-refractivity contribution in [3.63, 3.8) is 0 Å². The van der Waals surface area contributed by atoms with Crippen molar-refractivity contribution in [1.82, 2.24) is 9.55 Å². The normalized spacial score (nSPS) is 11.1. The monoisotopic (exact) mass is 232 g/mol. The van der Waals surface area contributed by atoms with Gasteiger partial charge in [0.1, 0.15) is 5.75 Å². The van der Waals surface area contributed by atoms with Gasteiger partial charge in [-0.1, -0.05) is 13.8 Å². The second kappa shape index (κ2) is 4.20. The fourth-order valence-electron chi connectivity index (χ4n) is 1.88. The third-order valence-electron chi connectivity index (χ3n) is 2.89. The highest BCUT2D eigenvalue weighted by Crippen LogP contribution is 2.29. The molecule has 1 heterocycles. The summed E-state index contributed by atoms with van der Waals surface area (Å²) in [5, 5.41) is 0.594. The molecule has 0 N–H and O–H groups in total. The third-order valence-corrected chi connectivity index (χ3v) is 2.89. The summed E-state index contributed by atoms with van der Waals surface area (Å²) < 4.78 is 6.80. The van der Waals surface area contributed by atoms with Crippen molar-refractivity contribution in [1.29, 1.82) is 0 Å². The molecule has 0 saturated heterocycles. The quantitative estimate of drug-likeness (QED) is 0.796. The van der Waals surface area contributed by atoms with E-state index in [0.717, 1.165) is 16.8 Å². The molecule has 2 aromatic rings. The Morgan fingerprint density at radius 3 is 2.65 bits per heavy atom. The van der Waals surface area contributed by atoms with Gasteiger partial charge in [0, 0.05) is 7.05 Å². The van der Waals surface area contributed by atoms with Crippen LogP contribution in [0.25, 0.3) is 10.9 Å². The summed E-state index contributed by atoms with van der Waals surface area (Å²) >= 11 is 0. The maximum Gasteiger partial charge on any atom is 0.261 e. The predicted octanol–water partition coefficient (Wildman–Crippen LogP) is 2.07. The highest BCUT2D eigenvalue weighted by Gasteiger charge is 2.11. The van der Waals surface area contributed by atoms with E-state index in [2.05, 4.69) is 18.8 Å². The van der Waals surface area contributed by atoms with Gasteiger partial charge in [0.05, 0.1) is 24.3 Å². The van der Waals surface area contributed by atoms with Crippen molar-refractivity contribution in [3.8, 4) is 5.75 Å². The van der Waals surface area contributed by atoms with E-state index in [4.69, 9.17) is 4.74 Å². The number of nitrogens with zero attached hydrogens (tertiary/aromatic N) is 2. The van der Waals surface area contributed by atoms with Crippen LogP contribution in [-0.2, 0) is 7.05 Å². The van der Waals surface area contributed by atoms with Crippen LogP contribution in [0.5, 0.6) is 5.75 Å². The highest BCUT2D eigenvalue weighted by atomic mass is 16.5. The van der Waals surface area contributed by atoms with Crippen LogP contribution in [-0.4, -0.2) is 16.7 Å². The van der Waals surface area contributed by atoms with Crippen LogP contribution < -0.4 is 10.3 Å². The smallest absolute Gasteiger partial charge is 0.261 e. The first-order valence-corrected chi connectivity index (χ1v) is 5.58.